The quantitative estimate of drug-likeness (QED) is 0.724. The van der Waals surface area contributed by atoms with E-state index >= 15 is 0 Å². The summed E-state index contributed by atoms with van der Waals surface area (Å²) >= 11 is 0. The molecule has 1 N–H and O–H groups in total. The lowest BCUT2D eigenvalue weighted by molar-refractivity contribution is -0.144. The normalized spacial score (nSPS) is 23.5. The number of likely N-dealkylation sites (tertiary alicyclic amines) is 1. The van der Waals surface area contributed by atoms with Crippen molar-refractivity contribution in [2.75, 3.05) is 0 Å². The van der Waals surface area contributed by atoms with Gasteiger partial charge in [-0.05, 0) is 36.0 Å². The minimum Gasteiger partial charge on any atom is -0.481 e. The summed E-state index contributed by atoms with van der Waals surface area (Å²) < 4.78 is 0. The van der Waals surface area contributed by atoms with E-state index in [0.29, 0.717) is 18.7 Å². The third-order valence-electron chi connectivity index (χ3n) is 6.33. The van der Waals surface area contributed by atoms with Crippen molar-refractivity contribution in [3.63, 3.8) is 0 Å². The van der Waals surface area contributed by atoms with E-state index in [0.717, 1.165) is 42.2 Å². The fraction of sp³-hybridized carbons (Fsp3) is 0.320. The summed E-state index contributed by atoms with van der Waals surface area (Å²) in [5.74, 6) is -2.14. The van der Waals surface area contributed by atoms with E-state index in [4.69, 9.17) is 0 Å². The van der Waals surface area contributed by atoms with Crippen LogP contribution in [0.25, 0.3) is 11.1 Å². The summed E-state index contributed by atoms with van der Waals surface area (Å²) in [7, 11) is 0. The van der Waals surface area contributed by atoms with Gasteiger partial charge in [0.1, 0.15) is 6.29 Å². The number of amides is 1. The molecule has 2 atom stereocenters. The Morgan fingerprint density at radius 2 is 1.77 bits per heavy atom. The first-order valence-corrected chi connectivity index (χ1v) is 10.4. The number of carboxylic acid groups (broad SMARTS) is 1. The van der Waals surface area contributed by atoms with Crippen molar-refractivity contribution in [3.8, 4) is 11.1 Å². The Morgan fingerprint density at radius 3 is 2.43 bits per heavy atom. The highest BCUT2D eigenvalue weighted by Gasteiger charge is 2.56. The molecule has 1 aliphatic carbocycles. The maximum Gasteiger partial charge on any atom is 0.304 e. The van der Waals surface area contributed by atoms with Crippen molar-refractivity contribution < 1.29 is 19.5 Å². The second-order valence-electron chi connectivity index (χ2n) is 8.13. The summed E-state index contributed by atoms with van der Waals surface area (Å²) in [5, 5.41) is 9.37. The average Bonchev–Trinajstić information content (AvgIpc) is 2.91. The van der Waals surface area contributed by atoms with Crippen LogP contribution in [0.1, 0.15) is 37.7 Å². The Balaban J connectivity index is 1.64. The highest BCUT2D eigenvalue weighted by molar-refractivity contribution is 5.94. The van der Waals surface area contributed by atoms with Crippen molar-refractivity contribution in [2.24, 2.45) is 11.3 Å². The van der Waals surface area contributed by atoms with E-state index in [9.17, 15) is 19.5 Å². The van der Waals surface area contributed by atoms with E-state index in [-0.39, 0.29) is 12.3 Å². The lowest BCUT2D eigenvalue weighted by Crippen LogP contribution is -2.33. The van der Waals surface area contributed by atoms with E-state index < -0.39 is 17.3 Å². The number of hydrogen-bond donors (Lipinski definition) is 1. The Kier molecular flexibility index (Phi) is 5.53. The van der Waals surface area contributed by atoms with Crippen LogP contribution in [0, 0.1) is 11.3 Å². The fourth-order valence-corrected chi connectivity index (χ4v) is 4.78. The predicted molar refractivity (Wildman–Crippen MR) is 113 cm³/mol. The molecule has 1 aliphatic heterocycles. The molecule has 30 heavy (non-hydrogen) atoms. The molecule has 0 bridgehead atoms. The first-order valence-electron chi connectivity index (χ1n) is 10.4. The predicted octanol–water partition coefficient (Wildman–Crippen LogP) is 4.43. The van der Waals surface area contributed by atoms with E-state index in [1.807, 2.05) is 60.7 Å². The monoisotopic (exact) mass is 403 g/mol. The largest absolute Gasteiger partial charge is 0.481 e. The summed E-state index contributed by atoms with van der Waals surface area (Å²) in [5.41, 5.74) is 2.83. The summed E-state index contributed by atoms with van der Waals surface area (Å²) in [6.07, 6.45) is 5.54. The average molecular weight is 403 g/mol. The van der Waals surface area contributed by atoms with Crippen LogP contribution in [-0.2, 0) is 20.9 Å². The number of rotatable bonds is 6. The molecule has 5 heteroatoms. The second-order valence-corrected chi connectivity index (χ2v) is 8.13. The Bertz CT molecular complexity index is 980. The zero-order chi connectivity index (χ0) is 21.1. The van der Waals surface area contributed by atoms with Crippen molar-refractivity contribution >= 4 is 18.2 Å². The van der Waals surface area contributed by atoms with Gasteiger partial charge >= 0.3 is 5.97 Å². The van der Waals surface area contributed by atoms with Crippen molar-refractivity contribution in [1.29, 1.82) is 0 Å². The van der Waals surface area contributed by atoms with Crippen molar-refractivity contribution in [2.45, 2.75) is 38.6 Å². The van der Waals surface area contributed by atoms with E-state index in [1.54, 1.807) is 4.90 Å². The Morgan fingerprint density at radius 1 is 1.07 bits per heavy atom. The molecule has 0 spiro atoms. The first kappa shape index (κ1) is 20.1. The van der Waals surface area contributed by atoms with Gasteiger partial charge in [0.25, 0.3) is 0 Å². The summed E-state index contributed by atoms with van der Waals surface area (Å²) in [6.45, 7) is 0.339. The highest BCUT2D eigenvalue weighted by atomic mass is 16.4. The van der Waals surface area contributed by atoms with Gasteiger partial charge < -0.3 is 14.8 Å². The molecular weight excluding hydrogens is 378 g/mol. The van der Waals surface area contributed by atoms with Crippen LogP contribution in [0.15, 0.2) is 66.4 Å². The molecule has 1 amide bonds. The van der Waals surface area contributed by atoms with Gasteiger partial charge in [-0.1, -0.05) is 67.1 Å². The van der Waals surface area contributed by atoms with Crippen LogP contribution in [-0.4, -0.2) is 28.2 Å². The van der Waals surface area contributed by atoms with Gasteiger partial charge in [0.15, 0.2) is 0 Å². The number of aldehydes is 1. The topological polar surface area (TPSA) is 74.7 Å². The number of carbonyl (C=O) groups is 3. The molecule has 0 saturated carbocycles. The molecule has 1 fully saturated rings. The summed E-state index contributed by atoms with van der Waals surface area (Å²) in [6, 6.07) is 18.1. The molecule has 2 aromatic carbocycles. The molecule has 2 aliphatic rings. The van der Waals surface area contributed by atoms with Gasteiger partial charge in [0.2, 0.25) is 5.91 Å². The number of benzene rings is 2. The third kappa shape index (κ3) is 3.56. The maximum atomic E-state index is 13.2. The fourth-order valence-electron chi connectivity index (χ4n) is 4.78. The number of hydrogen-bond acceptors (Lipinski definition) is 3. The summed E-state index contributed by atoms with van der Waals surface area (Å²) in [4.78, 5) is 38.6. The standard InChI is InChI=1S/C25H25NO4/c27-17-25-14-6-2-5-9-22(25)26(24(30)21(25)15-23(28)29)16-18-10-12-20(13-11-18)19-7-3-1-4-8-19/h1,3-4,7-13,17,21H,2,5-6,14-16H2,(H,28,29)/t21-,25-/m1/s1. The smallest absolute Gasteiger partial charge is 0.304 e. The number of nitrogens with zero attached hydrogens (tertiary/aromatic N) is 1. The van der Waals surface area contributed by atoms with Crippen molar-refractivity contribution in [3.05, 3.63) is 71.9 Å². The van der Waals surface area contributed by atoms with Gasteiger partial charge in [-0.2, -0.15) is 0 Å². The maximum absolute atomic E-state index is 13.2. The van der Waals surface area contributed by atoms with Crippen LogP contribution < -0.4 is 0 Å². The van der Waals surface area contributed by atoms with Crippen LogP contribution in [0.3, 0.4) is 0 Å². The molecular formula is C25H25NO4. The van der Waals surface area contributed by atoms with Gasteiger partial charge in [0, 0.05) is 5.70 Å². The lowest BCUT2D eigenvalue weighted by atomic mass is 9.72. The molecule has 2 aromatic rings. The number of carboxylic acids is 1. The Labute approximate surface area is 176 Å². The molecule has 1 saturated heterocycles. The van der Waals surface area contributed by atoms with Gasteiger partial charge in [-0.25, -0.2) is 0 Å². The van der Waals surface area contributed by atoms with Gasteiger partial charge in [-0.3, -0.25) is 9.59 Å². The van der Waals surface area contributed by atoms with Gasteiger partial charge in [0.05, 0.1) is 24.3 Å². The zero-order valence-corrected chi connectivity index (χ0v) is 16.8. The van der Waals surface area contributed by atoms with E-state index in [1.165, 1.54) is 0 Å². The van der Waals surface area contributed by atoms with Crippen molar-refractivity contribution in [1.82, 2.24) is 4.90 Å². The molecule has 0 radical (unpaired) electrons. The molecule has 4 rings (SSSR count). The number of fused-ring (bicyclic) bond motifs is 1. The first-order chi connectivity index (χ1) is 14.5. The lowest BCUT2D eigenvalue weighted by Gasteiger charge is -2.28. The van der Waals surface area contributed by atoms with Crippen LogP contribution >= 0.6 is 0 Å². The molecule has 0 unspecified atom stereocenters. The minimum absolute atomic E-state index is 0.259. The molecule has 5 nitrogen and oxygen atoms in total. The number of allylic oxidation sites excluding steroid dienone is 2. The van der Waals surface area contributed by atoms with Crippen LogP contribution in [0.4, 0.5) is 0 Å². The van der Waals surface area contributed by atoms with Crippen LogP contribution in [0.5, 0.6) is 0 Å². The number of aliphatic carboxylic acids is 1. The minimum atomic E-state index is -1.05. The second kappa shape index (κ2) is 8.27. The zero-order valence-electron chi connectivity index (χ0n) is 16.8. The number of carbonyl (C=O) groups excluding carboxylic acids is 2. The van der Waals surface area contributed by atoms with E-state index in [2.05, 4.69) is 0 Å². The van der Waals surface area contributed by atoms with Gasteiger partial charge in [-0.15, -0.1) is 0 Å². The molecule has 154 valence electrons. The SMILES string of the molecule is O=C[C@@]12CCCCC=C1N(Cc1ccc(-c3ccccc3)cc1)C(=O)[C@H]2CC(=O)O. The molecule has 1 heterocycles. The third-order valence-corrected chi connectivity index (χ3v) is 6.33. The van der Waals surface area contributed by atoms with Crippen LogP contribution in [0.2, 0.25) is 0 Å². The Hall–Kier alpha value is -3.21. The molecule has 0 aromatic heterocycles. The highest BCUT2D eigenvalue weighted by Crippen LogP contribution is 2.51.